The van der Waals surface area contributed by atoms with Gasteiger partial charge in [-0.25, -0.2) is 8.42 Å². The Morgan fingerprint density at radius 2 is 2.38 bits per heavy atom. The van der Waals surface area contributed by atoms with Gasteiger partial charge in [0, 0.05) is 12.5 Å². The number of rotatable bonds is 5. The van der Waals surface area contributed by atoms with E-state index in [1.54, 1.807) is 0 Å². The number of hydrogen-bond acceptors (Lipinski definition) is 5. The molecule has 1 aliphatic heterocycles. The van der Waals surface area contributed by atoms with Crippen LogP contribution in [0.2, 0.25) is 0 Å². The van der Waals surface area contributed by atoms with Gasteiger partial charge < -0.3 is 16.3 Å². The summed E-state index contributed by atoms with van der Waals surface area (Å²) in [6.45, 7) is 3.10. The predicted molar refractivity (Wildman–Crippen MR) is 62.2 cm³/mol. The Kier molecular flexibility index (Phi) is 4.55. The fraction of sp³-hybridized carbons (Fsp3) is 0.889. The van der Waals surface area contributed by atoms with Crippen molar-refractivity contribution in [2.24, 2.45) is 22.7 Å². The highest BCUT2D eigenvalue weighted by Crippen LogP contribution is 2.17. The normalized spacial score (nSPS) is 26.8. The Morgan fingerprint density at radius 1 is 1.69 bits per heavy atom. The maximum atomic E-state index is 11.2. The van der Waals surface area contributed by atoms with Crippen LogP contribution < -0.4 is 11.1 Å². The summed E-state index contributed by atoms with van der Waals surface area (Å²) in [7, 11) is -2.80. The minimum atomic E-state index is -2.80. The summed E-state index contributed by atoms with van der Waals surface area (Å²) in [5, 5.41) is 14.5. The highest BCUT2D eigenvalue weighted by Gasteiger charge is 2.27. The first kappa shape index (κ1) is 13.2. The largest absolute Gasteiger partial charge is 0.409 e. The summed E-state index contributed by atoms with van der Waals surface area (Å²) < 4.78 is 22.4. The molecule has 94 valence electrons. The van der Waals surface area contributed by atoms with Gasteiger partial charge in [-0.3, -0.25) is 0 Å². The first-order valence-corrected chi connectivity index (χ1v) is 7.15. The van der Waals surface area contributed by atoms with Crippen molar-refractivity contribution in [3.63, 3.8) is 0 Å². The van der Waals surface area contributed by atoms with E-state index < -0.39 is 9.84 Å². The van der Waals surface area contributed by atoms with Gasteiger partial charge in [0.05, 0.1) is 11.5 Å². The minimum Gasteiger partial charge on any atom is -0.409 e. The van der Waals surface area contributed by atoms with Crippen molar-refractivity contribution in [1.82, 2.24) is 5.32 Å². The van der Waals surface area contributed by atoms with Crippen LogP contribution in [-0.2, 0) is 9.84 Å². The molecule has 0 aliphatic carbocycles. The molecule has 0 amide bonds. The number of nitrogens with one attached hydrogen (secondary N) is 1. The molecule has 16 heavy (non-hydrogen) atoms. The van der Waals surface area contributed by atoms with E-state index in [1.807, 2.05) is 6.92 Å². The van der Waals surface area contributed by atoms with Gasteiger partial charge in [-0.2, -0.15) is 0 Å². The van der Waals surface area contributed by atoms with Gasteiger partial charge in [-0.15, -0.1) is 0 Å². The molecule has 0 saturated carbocycles. The smallest absolute Gasteiger partial charge is 0.150 e. The monoisotopic (exact) mass is 249 g/mol. The molecule has 6 nitrogen and oxygen atoms in total. The Hall–Kier alpha value is -0.820. The van der Waals surface area contributed by atoms with Gasteiger partial charge in [0.2, 0.25) is 0 Å². The van der Waals surface area contributed by atoms with E-state index in [1.165, 1.54) is 0 Å². The van der Waals surface area contributed by atoms with Crippen LogP contribution in [0.1, 0.15) is 13.3 Å². The lowest BCUT2D eigenvalue weighted by Gasteiger charge is -2.13. The Labute approximate surface area is 95.8 Å². The second-order valence-electron chi connectivity index (χ2n) is 4.35. The van der Waals surface area contributed by atoms with E-state index in [4.69, 9.17) is 10.9 Å². The summed E-state index contributed by atoms with van der Waals surface area (Å²) in [6, 6.07) is 0. The molecule has 0 spiro atoms. The van der Waals surface area contributed by atoms with Crippen LogP contribution in [0.3, 0.4) is 0 Å². The number of sulfone groups is 1. The molecule has 1 fully saturated rings. The highest BCUT2D eigenvalue weighted by atomic mass is 32.2. The average molecular weight is 249 g/mol. The van der Waals surface area contributed by atoms with Crippen LogP contribution in [0.25, 0.3) is 0 Å². The van der Waals surface area contributed by atoms with Crippen molar-refractivity contribution in [3.05, 3.63) is 0 Å². The van der Waals surface area contributed by atoms with E-state index >= 15 is 0 Å². The maximum absolute atomic E-state index is 11.2. The standard InChI is InChI=1S/C9H19N3O3S/c1-7(9(10)12-13)4-11-5-8-2-3-16(14,15)6-8/h7-8,11,13H,2-6H2,1H3,(H2,10,12). The highest BCUT2D eigenvalue weighted by molar-refractivity contribution is 7.91. The second-order valence-corrected chi connectivity index (χ2v) is 6.58. The van der Waals surface area contributed by atoms with Gasteiger partial charge in [-0.1, -0.05) is 12.1 Å². The molecule has 0 aromatic rings. The van der Waals surface area contributed by atoms with Crippen molar-refractivity contribution in [1.29, 1.82) is 0 Å². The van der Waals surface area contributed by atoms with Crippen LogP contribution in [0.5, 0.6) is 0 Å². The van der Waals surface area contributed by atoms with Crippen molar-refractivity contribution < 1.29 is 13.6 Å². The molecular formula is C9H19N3O3S. The average Bonchev–Trinajstić information content (AvgIpc) is 2.57. The van der Waals surface area contributed by atoms with Gasteiger partial charge in [0.1, 0.15) is 5.84 Å². The topological polar surface area (TPSA) is 105 Å². The zero-order valence-corrected chi connectivity index (χ0v) is 10.2. The first-order valence-electron chi connectivity index (χ1n) is 5.33. The quantitative estimate of drug-likeness (QED) is 0.261. The zero-order valence-electron chi connectivity index (χ0n) is 9.39. The number of hydrogen-bond donors (Lipinski definition) is 3. The van der Waals surface area contributed by atoms with Gasteiger partial charge in [0.15, 0.2) is 9.84 Å². The lowest BCUT2D eigenvalue weighted by molar-refractivity contribution is 0.314. The minimum absolute atomic E-state index is 0.0528. The molecule has 0 aromatic carbocycles. The molecule has 2 unspecified atom stereocenters. The zero-order chi connectivity index (χ0) is 12.2. The summed E-state index contributed by atoms with van der Waals surface area (Å²) in [5.74, 6) is 0.909. The van der Waals surface area contributed by atoms with Crippen LogP contribution in [0.15, 0.2) is 5.16 Å². The fourth-order valence-electron chi connectivity index (χ4n) is 1.74. The molecule has 7 heteroatoms. The van der Waals surface area contributed by atoms with E-state index in [0.717, 1.165) is 6.42 Å². The summed E-state index contributed by atoms with van der Waals surface area (Å²) >= 11 is 0. The predicted octanol–water partition coefficient (Wildman–Crippen LogP) is -0.607. The lowest BCUT2D eigenvalue weighted by Crippen LogP contribution is -2.34. The fourth-order valence-corrected chi connectivity index (χ4v) is 3.60. The molecular weight excluding hydrogens is 230 g/mol. The number of oxime groups is 1. The van der Waals surface area contributed by atoms with Gasteiger partial charge >= 0.3 is 0 Å². The Morgan fingerprint density at radius 3 is 2.88 bits per heavy atom. The number of nitrogens with two attached hydrogens (primary N) is 1. The van der Waals surface area contributed by atoms with E-state index in [0.29, 0.717) is 18.8 Å². The molecule has 1 saturated heterocycles. The van der Waals surface area contributed by atoms with E-state index in [9.17, 15) is 8.42 Å². The van der Waals surface area contributed by atoms with Gasteiger partial charge in [-0.05, 0) is 18.9 Å². The molecule has 1 heterocycles. The van der Waals surface area contributed by atoms with Crippen molar-refractivity contribution in [2.45, 2.75) is 13.3 Å². The summed E-state index contributed by atoms with van der Waals surface area (Å²) in [6.07, 6.45) is 0.729. The van der Waals surface area contributed by atoms with Crippen molar-refractivity contribution in [3.8, 4) is 0 Å². The molecule has 1 rings (SSSR count). The second kappa shape index (κ2) is 5.49. The third-order valence-electron chi connectivity index (χ3n) is 2.83. The van der Waals surface area contributed by atoms with Crippen LogP contribution in [-0.4, -0.2) is 44.1 Å². The van der Waals surface area contributed by atoms with E-state index in [2.05, 4.69) is 10.5 Å². The molecule has 0 aromatic heterocycles. The first-order chi connectivity index (χ1) is 7.44. The van der Waals surface area contributed by atoms with Gasteiger partial charge in [0.25, 0.3) is 0 Å². The summed E-state index contributed by atoms with van der Waals surface area (Å²) in [5.41, 5.74) is 5.42. The Bertz CT molecular complexity index is 353. The summed E-state index contributed by atoms with van der Waals surface area (Å²) in [4.78, 5) is 0. The molecule has 2 atom stereocenters. The lowest BCUT2D eigenvalue weighted by atomic mass is 10.1. The molecule has 0 radical (unpaired) electrons. The van der Waals surface area contributed by atoms with Crippen molar-refractivity contribution >= 4 is 15.7 Å². The Balaban J connectivity index is 2.22. The van der Waals surface area contributed by atoms with Crippen LogP contribution in [0, 0.1) is 11.8 Å². The maximum Gasteiger partial charge on any atom is 0.150 e. The SMILES string of the molecule is CC(CNCC1CCS(=O)(=O)C1)C(N)=NO. The van der Waals surface area contributed by atoms with Crippen LogP contribution in [0.4, 0.5) is 0 Å². The molecule has 0 bridgehead atoms. The third kappa shape index (κ3) is 3.97. The van der Waals surface area contributed by atoms with E-state index in [-0.39, 0.29) is 23.4 Å². The molecule has 1 aliphatic rings. The number of nitrogens with zero attached hydrogens (tertiary/aromatic N) is 1. The number of amidine groups is 1. The van der Waals surface area contributed by atoms with Crippen molar-refractivity contribution in [2.75, 3.05) is 24.6 Å². The van der Waals surface area contributed by atoms with Crippen LogP contribution >= 0.6 is 0 Å². The molecule has 4 N–H and O–H groups in total. The third-order valence-corrected chi connectivity index (χ3v) is 4.67.